The number of pyridine rings is 2. The summed E-state index contributed by atoms with van der Waals surface area (Å²) in [5.74, 6) is -0.763. The van der Waals surface area contributed by atoms with Gasteiger partial charge in [-0.1, -0.05) is 6.58 Å². The number of aromatic nitrogens is 4. The SMILES string of the molecule is C=Cc1ncc(-c2ccn3nc(N(C(=O)OC(C)(C)C)C(=O)OC(C)(C)C)nc3c2)cc1C(=O)OC. The van der Waals surface area contributed by atoms with Crippen molar-refractivity contribution in [3.05, 3.63) is 48.4 Å². The third-order valence-electron chi connectivity index (χ3n) is 4.53. The topological polar surface area (TPSA) is 125 Å². The lowest BCUT2D eigenvalue weighted by Gasteiger charge is -2.26. The molecule has 0 fully saturated rings. The predicted octanol–water partition coefficient (Wildman–Crippen LogP) is 4.90. The van der Waals surface area contributed by atoms with Crippen LogP contribution in [-0.4, -0.2) is 56.0 Å². The highest BCUT2D eigenvalue weighted by molar-refractivity contribution is 6.08. The number of imide groups is 1. The average Bonchev–Trinajstić information content (AvgIpc) is 3.18. The number of fused-ring (bicyclic) bond motifs is 1. The maximum atomic E-state index is 12.9. The summed E-state index contributed by atoms with van der Waals surface area (Å²) in [6.07, 6.45) is 2.70. The molecule has 11 heteroatoms. The molecule has 11 nitrogen and oxygen atoms in total. The highest BCUT2D eigenvalue weighted by Gasteiger charge is 2.35. The van der Waals surface area contributed by atoms with Gasteiger partial charge >= 0.3 is 18.2 Å². The quantitative estimate of drug-likeness (QED) is 0.367. The number of amides is 2. The first-order chi connectivity index (χ1) is 16.7. The average molecular weight is 496 g/mol. The molecular weight excluding hydrogens is 466 g/mol. The van der Waals surface area contributed by atoms with E-state index in [2.05, 4.69) is 21.6 Å². The van der Waals surface area contributed by atoms with Gasteiger partial charge in [0, 0.05) is 18.0 Å². The molecule has 3 rings (SSSR count). The molecule has 0 aliphatic heterocycles. The van der Waals surface area contributed by atoms with Crippen LogP contribution in [0.2, 0.25) is 0 Å². The van der Waals surface area contributed by atoms with Crippen LogP contribution >= 0.6 is 0 Å². The summed E-state index contributed by atoms with van der Waals surface area (Å²) >= 11 is 0. The van der Waals surface area contributed by atoms with Gasteiger partial charge in [-0.25, -0.2) is 18.9 Å². The number of rotatable bonds is 4. The Hall–Kier alpha value is -4.28. The molecule has 190 valence electrons. The smallest absolute Gasteiger partial charge is 0.427 e. The number of hydrogen-bond acceptors (Lipinski definition) is 9. The highest BCUT2D eigenvalue weighted by Crippen LogP contribution is 2.25. The van der Waals surface area contributed by atoms with Gasteiger partial charge in [-0.3, -0.25) is 4.98 Å². The Morgan fingerprint density at radius 3 is 2.14 bits per heavy atom. The van der Waals surface area contributed by atoms with Crippen LogP contribution in [0.15, 0.2) is 37.2 Å². The number of methoxy groups -OCH3 is 1. The zero-order chi connectivity index (χ0) is 26.8. The summed E-state index contributed by atoms with van der Waals surface area (Å²) in [4.78, 5) is 47.2. The van der Waals surface area contributed by atoms with Crippen LogP contribution in [0.4, 0.5) is 15.5 Å². The molecule has 3 heterocycles. The van der Waals surface area contributed by atoms with E-state index in [0.717, 1.165) is 0 Å². The Balaban J connectivity index is 2.05. The van der Waals surface area contributed by atoms with Crippen molar-refractivity contribution in [3.8, 4) is 11.1 Å². The van der Waals surface area contributed by atoms with Crippen LogP contribution in [0, 0.1) is 0 Å². The molecule has 36 heavy (non-hydrogen) atoms. The number of nitrogens with zero attached hydrogens (tertiary/aromatic N) is 5. The second-order valence-corrected chi connectivity index (χ2v) is 9.78. The Morgan fingerprint density at radius 2 is 1.61 bits per heavy atom. The summed E-state index contributed by atoms with van der Waals surface area (Å²) in [7, 11) is 1.28. The molecule has 0 bridgehead atoms. The fourth-order valence-electron chi connectivity index (χ4n) is 3.07. The molecular formula is C25H29N5O6. The first-order valence-electron chi connectivity index (χ1n) is 11.1. The monoisotopic (exact) mass is 495 g/mol. The van der Waals surface area contributed by atoms with Crippen molar-refractivity contribution < 1.29 is 28.6 Å². The number of ether oxygens (including phenoxy) is 3. The molecule has 0 N–H and O–H groups in total. The summed E-state index contributed by atoms with van der Waals surface area (Å²) in [6.45, 7) is 13.7. The van der Waals surface area contributed by atoms with Gasteiger partial charge in [0.1, 0.15) is 11.2 Å². The number of hydrogen-bond donors (Lipinski definition) is 0. The maximum Gasteiger partial charge on any atom is 0.427 e. The van der Waals surface area contributed by atoms with Crippen LogP contribution in [-0.2, 0) is 14.2 Å². The normalized spacial score (nSPS) is 11.6. The lowest BCUT2D eigenvalue weighted by atomic mass is 10.1. The van der Waals surface area contributed by atoms with Crippen LogP contribution in [0.3, 0.4) is 0 Å². The molecule has 0 aromatic carbocycles. The van der Waals surface area contributed by atoms with E-state index in [4.69, 9.17) is 14.2 Å². The summed E-state index contributed by atoms with van der Waals surface area (Å²) < 4.78 is 17.0. The minimum Gasteiger partial charge on any atom is -0.465 e. The minimum absolute atomic E-state index is 0.217. The Morgan fingerprint density at radius 1 is 1.00 bits per heavy atom. The molecule has 0 spiro atoms. The molecule has 0 aliphatic rings. The second-order valence-electron chi connectivity index (χ2n) is 9.78. The lowest BCUT2D eigenvalue weighted by Crippen LogP contribution is -2.44. The van der Waals surface area contributed by atoms with Crippen LogP contribution < -0.4 is 4.90 Å². The van der Waals surface area contributed by atoms with E-state index < -0.39 is 29.4 Å². The summed E-state index contributed by atoms with van der Waals surface area (Å²) in [5.41, 5.74) is 0.513. The van der Waals surface area contributed by atoms with E-state index in [1.165, 1.54) is 17.7 Å². The van der Waals surface area contributed by atoms with Crippen molar-refractivity contribution >= 4 is 35.8 Å². The number of carbonyl (C=O) groups is 3. The van der Waals surface area contributed by atoms with Gasteiger partial charge in [0.2, 0.25) is 0 Å². The fraction of sp³-hybridized carbons (Fsp3) is 0.360. The fourth-order valence-corrected chi connectivity index (χ4v) is 3.07. The minimum atomic E-state index is -0.972. The van der Waals surface area contributed by atoms with E-state index in [-0.39, 0.29) is 11.5 Å². The van der Waals surface area contributed by atoms with E-state index in [9.17, 15) is 14.4 Å². The molecule has 0 unspecified atom stereocenters. The Bertz CT molecular complexity index is 1300. The van der Waals surface area contributed by atoms with Crippen molar-refractivity contribution in [1.82, 2.24) is 19.6 Å². The standard InChI is InChI=1S/C25H29N5O6/c1-9-18-17(20(31)34-8)12-16(14-26-18)15-10-11-29-19(13-15)27-21(28-29)30(22(32)35-24(2,3)4)23(33)36-25(5,6)7/h9-14H,1H2,2-8H3. The maximum absolute atomic E-state index is 12.9. The van der Waals surface area contributed by atoms with E-state index in [0.29, 0.717) is 27.4 Å². The number of carbonyl (C=O) groups excluding carboxylic acids is 3. The summed E-state index contributed by atoms with van der Waals surface area (Å²) in [6, 6.07) is 5.03. The van der Waals surface area contributed by atoms with Gasteiger partial charge in [0.25, 0.3) is 5.95 Å². The van der Waals surface area contributed by atoms with Gasteiger partial charge in [-0.2, -0.15) is 4.98 Å². The molecule has 2 amide bonds. The third-order valence-corrected chi connectivity index (χ3v) is 4.53. The Kier molecular flexibility index (Phi) is 7.14. The van der Waals surface area contributed by atoms with Crippen LogP contribution in [0.25, 0.3) is 22.9 Å². The van der Waals surface area contributed by atoms with Crippen molar-refractivity contribution in [2.75, 3.05) is 12.0 Å². The van der Waals surface area contributed by atoms with Crippen molar-refractivity contribution in [2.45, 2.75) is 52.7 Å². The van der Waals surface area contributed by atoms with Gasteiger partial charge in [0.15, 0.2) is 5.65 Å². The van der Waals surface area contributed by atoms with E-state index >= 15 is 0 Å². The van der Waals surface area contributed by atoms with Crippen molar-refractivity contribution in [3.63, 3.8) is 0 Å². The van der Waals surface area contributed by atoms with Gasteiger partial charge < -0.3 is 14.2 Å². The lowest BCUT2D eigenvalue weighted by molar-refractivity contribution is 0.0426. The summed E-state index contributed by atoms with van der Waals surface area (Å²) in [5, 5.41) is 4.26. The third kappa shape index (κ3) is 6.04. The Labute approximate surface area is 208 Å². The molecule has 0 aliphatic carbocycles. The van der Waals surface area contributed by atoms with Gasteiger partial charge in [0.05, 0.1) is 18.4 Å². The number of esters is 1. The zero-order valence-electron chi connectivity index (χ0n) is 21.4. The van der Waals surface area contributed by atoms with Crippen molar-refractivity contribution in [1.29, 1.82) is 0 Å². The van der Waals surface area contributed by atoms with Crippen molar-refractivity contribution in [2.24, 2.45) is 0 Å². The molecule has 3 aromatic heterocycles. The number of anilines is 1. The van der Waals surface area contributed by atoms with E-state index in [1.54, 1.807) is 72.1 Å². The largest absolute Gasteiger partial charge is 0.465 e. The second kappa shape index (κ2) is 9.76. The van der Waals surface area contributed by atoms with Gasteiger partial charge in [-0.15, -0.1) is 10.00 Å². The van der Waals surface area contributed by atoms with Gasteiger partial charge in [-0.05, 0) is 71.4 Å². The zero-order valence-corrected chi connectivity index (χ0v) is 21.4. The molecule has 0 radical (unpaired) electrons. The molecule has 0 saturated heterocycles. The first kappa shape index (κ1) is 26.3. The molecule has 3 aromatic rings. The predicted molar refractivity (Wildman–Crippen MR) is 133 cm³/mol. The van der Waals surface area contributed by atoms with E-state index in [1.807, 2.05) is 0 Å². The molecule has 0 atom stereocenters. The highest BCUT2D eigenvalue weighted by atomic mass is 16.6. The van der Waals surface area contributed by atoms with Crippen LogP contribution in [0.5, 0.6) is 0 Å². The van der Waals surface area contributed by atoms with Crippen LogP contribution in [0.1, 0.15) is 57.6 Å². The first-order valence-corrected chi connectivity index (χ1v) is 11.1. The molecule has 0 saturated carbocycles.